The molecule has 2 aliphatic heterocycles. The smallest absolute Gasteiger partial charge is 0.167 e. The number of aliphatic imine (C=N–C) groups is 1. The molecule has 2 aliphatic rings. The second-order valence-electron chi connectivity index (χ2n) is 2.94. The van der Waals surface area contributed by atoms with Crippen molar-refractivity contribution in [2.24, 2.45) is 10.7 Å². The minimum atomic E-state index is 0. The van der Waals surface area contributed by atoms with Gasteiger partial charge in [0.05, 0.1) is 0 Å². The van der Waals surface area contributed by atoms with E-state index in [1.54, 1.807) is 11.8 Å². The van der Waals surface area contributed by atoms with Crippen LogP contribution in [0.4, 0.5) is 0 Å². The van der Waals surface area contributed by atoms with Gasteiger partial charge in [0.2, 0.25) is 0 Å². The Balaban J connectivity index is 0.000000845. The summed E-state index contributed by atoms with van der Waals surface area (Å²) in [6, 6.07) is 0. The highest BCUT2D eigenvalue weighted by atomic mass is 79.9. The molecule has 0 fully saturated rings. The number of hydrogen-bond donors (Lipinski definition) is 1. The van der Waals surface area contributed by atoms with Crippen molar-refractivity contribution in [1.82, 2.24) is 4.90 Å². The van der Waals surface area contributed by atoms with Crippen molar-refractivity contribution in [1.29, 1.82) is 0 Å². The van der Waals surface area contributed by atoms with E-state index in [0.29, 0.717) is 0 Å². The van der Waals surface area contributed by atoms with Gasteiger partial charge in [0.1, 0.15) is 0 Å². The molecule has 14 heavy (non-hydrogen) atoms. The van der Waals surface area contributed by atoms with Gasteiger partial charge < -0.3 is 10.6 Å². The van der Waals surface area contributed by atoms with Gasteiger partial charge >= 0.3 is 0 Å². The Morgan fingerprint density at radius 1 is 1.50 bits per heavy atom. The Morgan fingerprint density at radius 3 is 3.00 bits per heavy atom. The molecule has 2 N–H and O–H groups in total. The minimum absolute atomic E-state index is 0. The van der Waals surface area contributed by atoms with Crippen molar-refractivity contribution in [2.75, 3.05) is 19.6 Å². The first kappa shape index (κ1) is 14.5. The van der Waals surface area contributed by atoms with Crippen LogP contribution in [0.25, 0.3) is 0 Å². The molecule has 3 nitrogen and oxygen atoms in total. The molecule has 82 valence electrons. The summed E-state index contributed by atoms with van der Waals surface area (Å²) in [7, 11) is 0. The number of thioether (sulfide) groups is 1. The van der Waals surface area contributed by atoms with Crippen LogP contribution < -0.4 is 5.73 Å². The van der Waals surface area contributed by atoms with Gasteiger partial charge in [-0.15, -0.1) is 34.0 Å². The highest BCUT2D eigenvalue weighted by Crippen LogP contribution is 2.29. The molecule has 0 aliphatic carbocycles. The van der Waals surface area contributed by atoms with Crippen LogP contribution in [0.1, 0.15) is 12.8 Å². The van der Waals surface area contributed by atoms with E-state index in [1.165, 1.54) is 17.3 Å². The number of halogens is 2. The summed E-state index contributed by atoms with van der Waals surface area (Å²) in [5, 5.41) is 3.35. The van der Waals surface area contributed by atoms with E-state index >= 15 is 0 Å². The topological polar surface area (TPSA) is 41.6 Å². The Hall–Kier alpha value is 0.480. The molecular weight excluding hydrogens is 330 g/mol. The van der Waals surface area contributed by atoms with E-state index < -0.39 is 0 Å². The summed E-state index contributed by atoms with van der Waals surface area (Å²) in [4.78, 5) is 6.73. The fourth-order valence-corrected chi connectivity index (χ4v) is 2.47. The third-order valence-electron chi connectivity index (χ3n) is 2.07. The van der Waals surface area contributed by atoms with E-state index in [1.807, 2.05) is 0 Å². The highest BCUT2D eigenvalue weighted by Gasteiger charge is 2.23. The molecule has 0 saturated carbocycles. The Morgan fingerprint density at radius 2 is 2.29 bits per heavy atom. The van der Waals surface area contributed by atoms with E-state index in [4.69, 9.17) is 5.73 Å². The summed E-state index contributed by atoms with van der Waals surface area (Å²) in [6.07, 6.45) is 2.15. The van der Waals surface area contributed by atoms with Gasteiger partial charge in [-0.05, 0) is 18.4 Å². The molecule has 0 aromatic rings. The lowest BCUT2D eigenvalue weighted by molar-refractivity contribution is 0.472. The Labute approximate surface area is 110 Å². The van der Waals surface area contributed by atoms with Crippen LogP contribution in [0.2, 0.25) is 0 Å². The first-order chi connectivity index (χ1) is 5.92. The lowest BCUT2D eigenvalue weighted by Gasteiger charge is -2.24. The van der Waals surface area contributed by atoms with Gasteiger partial charge in [0.15, 0.2) is 5.17 Å². The van der Waals surface area contributed by atoms with Gasteiger partial charge in [-0.3, -0.25) is 4.99 Å². The van der Waals surface area contributed by atoms with Crippen molar-refractivity contribution in [2.45, 2.75) is 12.8 Å². The zero-order valence-electron chi connectivity index (χ0n) is 7.81. The maximum absolute atomic E-state index is 5.51. The predicted molar refractivity (Wildman–Crippen MR) is 73.6 cm³/mol. The summed E-state index contributed by atoms with van der Waals surface area (Å²) in [5.41, 5.74) is 6.86. The largest absolute Gasteiger partial charge is 0.330 e. The molecule has 2 heterocycles. The van der Waals surface area contributed by atoms with E-state index in [2.05, 4.69) is 15.3 Å². The van der Waals surface area contributed by atoms with Gasteiger partial charge in [-0.2, -0.15) is 0 Å². The number of fused-ring (bicyclic) bond motifs is 1. The standard InChI is InChI=1S/C8H13N3S.2BrH/c9-3-2-7-6-12-8-10-4-1-5-11(7)8;;/h6H,1-5,9H2;2*1H. The van der Waals surface area contributed by atoms with Crippen LogP contribution >= 0.6 is 45.7 Å². The molecule has 0 spiro atoms. The summed E-state index contributed by atoms with van der Waals surface area (Å²) in [6.45, 7) is 2.84. The number of nitrogens with two attached hydrogens (primary N) is 1. The Kier molecular flexibility index (Phi) is 7.11. The van der Waals surface area contributed by atoms with Gasteiger partial charge in [-0.25, -0.2) is 0 Å². The van der Waals surface area contributed by atoms with Crippen LogP contribution in [0, 0.1) is 0 Å². The van der Waals surface area contributed by atoms with E-state index in [0.717, 1.165) is 26.1 Å². The second kappa shape index (κ2) is 6.87. The molecule has 0 atom stereocenters. The van der Waals surface area contributed by atoms with Crippen LogP contribution in [-0.2, 0) is 0 Å². The van der Waals surface area contributed by atoms with Gasteiger partial charge in [-0.1, -0.05) is 11.8 Å². The average molecular weight is 345 g/mol. The molecule has 0 aromatic heterocycles. The number of nitrogens with zero attached hydrogens (tertiary/aromatic N) is 2. The first-order valence-electron chi connectivity index (χ1n) is 4.29. The van der Waals surface area contributed by atoms with Gasteiger partial charge in [0, 0.05) is 25.2 Å². The van der Waals surface area contributed by atoms with Crippen molar-refractivity contribution in [3.05, 3.63) is 11.1 Å². The average Bonchev–Trinajstić information content (AvgIpc) is 2.50. The van der Waals surface area contributed by atoms with Crippen LogP contribution in [-0.4, -0.2) is 29.7 Å². The van der Waals surface area contributed by atoms with Crippen molar-refractivity contribution in [3.63, 3.8) is 0 Å². The van der Waals surface area contributed by atoms with Crippen molar-refractivity contribution >= 4 is 50.9 Å². The molecule has 2 rings (SSSR count). The molecule has 0 unspecified atom stereocenters. The number of hydrogen-bond acceptors (Lipinski definition) is 4. The van der Waals surface area contributed by atoms with Crippen LogP contribution in [0.3, 0.4) is 0 Å². The number of amidine groups is 1. The van der Waals surface area contributed by atoms with Gasteiger partial charge in [0.25, 0.3) is 0 Å². The Bertz CT molecular complexity index is 243. The third kappa shape index (κ3) is 2.98. The normalized spacial score (nSPS) is 18.8. The SMILES string of the molecule is Br.Br.NCCC1=CSC2=NCCCN12. The molecule has 0 bridgehead atoms. The molecule has 0 amide bonds. The third-order valence-corrected chi connectivity index (χ3v) is 3.02. The summed E-state index contributed by atoms with van der Waals surface area (Å²) in [5.74, 6) is 0. The monoisotopic (exact) mass is 343 g/mol. The maximum Gasteiger partial charge on any atom is 0.167 e. The van der Waals surface area contributed by atoms with Crippen LogP contribution in [0.15, 0.2) is 16.1 Å². The minimum Gasteiger partial charge on any atom is -0.330 e. The lowest BCUT2D eigenvalue weighted by Crippen LogP contribution is -2.30. The molecular formula is C8H15Br2N3S. The zero-order valence-corrected chi connectivity index (χ0v) is 12.1. The number of rotatable bonds is 2. The highest BCUT2D eigenvalue weighted by molar-refractivity contribution is 8.93. The van der Waals surface area contributed by atoms with E-state index in [9.17, 15) is 0 Å². The van der Waals surface area contributed by atoms with Crippen molar-refractivity contribution < 1.29 is 0 Å². The first-order valence-corrected chi connectivity index (χ1v) is 5.17. The summed E-state index contributed by atoms with van der Waals surface area (Å²) >= 11 is 1.73. The zero-order chi connectivity index (χ0) is 8.39. The molecule has 6 heteroatoms. The van der Waals surface area contributed by atoms with Crippen molar-refractivity contribution in [3.8, 4) is 0 Å². The second-order valence-corrected chi connectivity index (χ2v) is 3.77. The maximum atomic E-state index is 5.51. The predicted octanol–water partition coefficient (Wildman–Crippen LogP) is 2.14. The quantitative estimate of drug-likeness (QED) is 0.834. The summed E-state index contributed by atoms with van der Waals surface area (Å²) < 4.78 is 0. The van der Waals surface area contributed by atoms with E-state index in [-0.39, 0.29) is 34.0 Å². The molecule has 0 saturated heterocycles. The fourth-order valence-electron chi connectivity index (χ4n) is 1.48. The lowest BCUT2D eigenvalue weighted by atomic mass is 10.2. The molecule has 0 aromatic carbocycles. The molecule has 0 radical (unpaired) electrons. The fraction of sp³-hybridized carbons (Fsp3) is 0.625. The van der Waals surface area contributed by atoms with Crippen LogP contribution in [0.5, 0.6) is 0 Å².